The molecular weight excluding hydrogens is 233 g/mol. The quantitative estimate of drug-likeness (QED) is 0.627. The van der Waals surface area contributed by atoms with Gasteiger partial charge in [0.05, 0.1) is 11.7 Å². The fourth-order valence-corrected chi connectivity index (χ4v) is 1.80. The Morgan fingerprint density at radius 2 is 2.28 bits per heavy atom. The molecule has 0 aliphatic carbocycles. The molecule has 0 amide bonds. The summed E-state index contributed by atoms with van der Waals surface area (Å²) in [5, 5.41) is 7.85. The summed E-state index contributed by atoms with van der Waals surface area (Å²) in [4.78, 5) is 0. The second-order valence-electron chi connectivity index (χ2n) is 4.32. The molecule has 0 spiro atoms. The highest BCUT2D eigenvalue weighted by Gasteiger charge is 2.14. The smallest absolute Gasteiger partial charge is 0.126 e. The van der Waals surface area contributed by atoms with Crippen molar-refractivity contribution >= 4 is 0 Å². The third-order valence-electron chi connectivity index (χ3n) is 2.86. The van der Waals surface area contributed by atoms with Gasteiger partial charge in [-0.2, -0.15) is 0 Å². The molecule has 96 valence electrons. The maximum atomic E-state index is 13.5. The van der Waals surface area contributed by atoms with Gasteiger partial charge in [-0.05, 0) is 24.1 Å². The number of nitrogens with one attached hydrogen (secondary N) is 1. The van der Waals surface area contributed by atoms with E-state index < -0.39 is 0 Å². The van der Waals surface area contributed by atoms with Gasteiger partial charge in [-0.1, -0.05) is 17.3 Å². The summed E-state index contributed by atoms with van der Waals surface area (Å²) in [7, 11) is 1.80. The van der Waals surface area contributed by atoms with Gasteiger partial charge in [0, 0.05) is 19.7 Å². The molecule has 1 aromatic heterocycles. The minimum atomic E-state index is -0.230. The fraction of sp³-hybridized carbons (Fsp3) is 0.333. The maximum Gasteiger partial charge on any atom is 0.126 e. The van der Waals surface area contributed by atoms with E-state index in [1.165, 1.54) is 6.07 Å². The summed E-state index contributed by atoms with van der Waals surface area (Å²) >= 11 is 0. The van der Waals surface area contributed by atoms with Crippen LogP contribution in [-0.4, -0.2) is 15.0 Å². The SMILES string of the molecule is Cc1ccc(C(Cc2cn(C)nn2)NN)cc1F. The molecule has 0 radical (unpaired) electrons. The molecule has 0 saturated heterocycles. The van der Waals surface area contributed by atoms with Crippen LogP contribution in [0.2, 0.25) is 0 Å². The number of rotatable bonds is 4. The lowest BCUT2D eigenvalue weighted by Crippen LogP contribution is -2.29. The standard InChI is InChI=1S/C12H16FN5/c1-8-3-4-9(5-11(8)13)12(15-14)6-10-7-18(2)17-16-10/h3-5,7,12,15H,6,14H2,1-2H3. The van der Waals surface area contributed by atoms with Crippen molar-refractivity contribution in [3.63, 3.8) is 0 Å². The van der Waals surface area contributed by atoms with E-state index in [9.17, 15) is 4.39 Å². The largest absolute Gasteiger partial charge is 0.271 e. The Bertz CT molecular complexity index is 537. The minimum Gasteiger partial charge on any atom is -0.271 e. The van der Waals surface area contributed by atoms with Crippen LogP contribution >= 0.6 is 0 Å². The predicted molar refractivity (Wildman–Crippen MR) is 65.9 cm³/mol. The Kier molecular flexibility index (Phi) is 3.69. The lowest BCUT2D eigenvalue weighted by Gasteiger charge is -2.15. The molecule has 2 rings (SSSR count). The topological polar surface area (TPSA) is 68.8 Å². The zero-order valence-electron chi connectivity index (χ0n) is 10.4. The van der Waals surface area contributed by atoms with Gasteiger partial charge < -0.3 is 0 Å². The predicted octanol–water partition coefficient (Wildman–Crippen LogP) is 1.01. The molecule has 0 bridgehead atoms. The van der Waals surface area contributed by atoms with Crippen LogP contribution in [0.1, 0.15) is 22.9 Å². The first-order valence-electron chi connectivity index (χ1n) is 5.67. The average Bonchev–Trinajstić information content (AvgIpc) is 2.75. The molecular formula is C12H16FN5. The highest BCUT2D eigenvalue weighted by atomic mass is 19.1. The van der Waals surface area contributed by atoms with E-state index >= 15 is 0 Å². The molecule has 1 unspecified atom stereocenters. The minimum absolute atomic E-state index is 0.184. The monoisotopic (exact) mass is 249 g/mol. The van der Waals surface area contributed by atoms with E-state index in [2.05, 4.69) is 15.7 Å². The molecule has 5 nitrogen and oxygen atoms in total. The van der Waals surface area contributed by atoms with E-state index in [1.807, 2.05) is 12.3 Å². The summed E-state index contributed by atoms with van der Waals surface area (Å²) < 4.78 is 15.1. The van der Waals surface area contributed by atoms with Gasteiger partial charge in [0.1, 0.15) is 5.82 Å². The summed E-state index contributed by atoms with van der Waals surface area (Å²) in [5.41, 5.74) is 4.90. The molecule has 2 aromatic rings. The Morgan fingerprint density at radius 3 is 2.83 bits per heavy atom. The van der Waals surface area contributed by atoms with Crippen LogP contribution in [0.4, 0.5) is 4.39 Å². The summed E-state index contributed by atoms with van der Waals surface area (Å²) in [6, 6.07) is 4.91. The van der Waals surface area contributed by atoms with Gasteiger partial charge in [-0.25, -0.2) is 4.39 Å². The molecule has 6 heteroatoms. The van der Waals surface area contributed by atoms with Crippen LogP contribution in [0, 0.1) is 12.7 Å². The van der Waals surface area contributed by atoms with Crippen molar-refractivity contribution in [3.05, 3.63) is 47.0 Å². The number of nitrogens with zero attached hydrogens (tertiary/aromatic N) is 3. The molecule has 1 aromatic carbocycles. The van der Waals surface area contributed by atoms with E-state index in [-0.39, 0.29) is 11.9 Å². The van der Waals surface area contributed by atoms with Crippen molar-refractivity contribution in [2.45, 2.75) is 19.4 Å². The van der Waals surface area contributed by atoms with Gasteiger partial charge in [0.15, 0.2) is 0 Å². The van der Waals surface area contributed by atoms with E-state index in [4.69, 9.17) is 5.84 Å². The first-order chi connectivity index (χ1) is 8.60. The van der Waals surface area contributed by atoms with E-state index in [0.717, 1.165) is 11.3 Å². The zero-order valence-corrected chi connectivity index (χ0v) is 10.4. The lowest BCUT2D eigenvalue weighted by molar-refractivity contribution is 0.537. The Labute approximate surface area is 105 Å². The van der Waals surface area contributed by atoms with Crippen molar-refractivity contribution in [1.29, 1.82) is 0 Å². The third kappa shape index (κ3) is 2.72. The van der Waals surface area contributed by atoms with Crippen molar-refractivity contribution < 1.29 is 4.39 Å². The summed E-state index contributed by atoms with van der Waals surface area (Å²) in [6.07, 6.45) is 2.38. The number of hydrogen-bond donors (Lipinski definition) is 2. The van der Waals surface area contributed by atoms with Crippen LogP contribution in [0.25, 0.3) is 0 Å². The number of benzene rings is 1. The normalized spacial score (nSPS) is 12.7. The summed E-state index contributed by atoms with van der Waals surface area (Å²) in [5.74, 6) is 5.29. The fourth-order valence-electron chi connectivity index (χ4n) is 1.80. The van der Waals surface area contributed by atoms with Crippen molar-refractivity contribution in [2.75, 3.05) is 0 Å². The first-order valence-corrected chi connectivity index (χ1v) is 5.67. The molecule has 0 aliphatic rings. The highest BCUT2D eigenvalue weighted by molar-refractivity contribution is 5.26. The highest BCUT2D eigenvalue weighted by Crippen LogP contribution is 2.19. The molecule has 0 saturated carbocycles. The van der Waals surface area contributed by atoms with Gasteiger partial charge in [0.25, 0.3) is 0 Å². The number of aryl methyl sites for hydroxylation is 2. The van der Waals surface area contributed by atoms with Gasteiger partial charge in [0.2, 0.25) is 0 Å². The maximum absolute atomic E-state index is 13.5. The van der Waals surface area contributed by atoms with Gasteiger partial charge in [-0.15, -0.1) is 5.10 Å². The average molecular weight is 249 g/mol. The second-order valence-corrected chi connectivity index (χ2v) is 4.32. The third-order valence-corrected chi connectivity index (χ3v) is 2.86. The van der Waals surface area contributed by atoms with Crippen LogP contribution in [0.15, 0.2) is 24.4 Å². The second kappa shape index (κ2) is 5.24. The van der Waals surface area contributed by atoms with Crippen LogP contribution < -0.4 is 11.3 Å². The van der Waals surface area contributed by atoms with E-state index in [1.54, 1.807) is 24.7 Å². The molecule has 1 atom stereocenters. The summed E-state index contributed by atoms with van der Waals surface area (Å²) in [6.45, 7) is 1.73. The molecule has 18 heavy (non-hydrogen) atoms. The number of hydrogen-bond acceptors (Lipinski definition) is 4. The van der Waals surface area contributed by atoms with Gasteiger partial charge in [-0.3, -0.25) is 16.0 Å². The number of halogens is 1. The zero-order chi connectivity index (χ0) is 13.1. The Hall–Kier alpha value is -1.79. The number of hydrazine groups is 1. The molecule has 0 aliphatic heterocycles. The van der Waals surface area contributed by atoms with Crippen molar-refractivity contribution in [3.8, 4) is 0 Å². The lowest BCUT2D eigenvalue weighted by atomic mass is 10.0. The number of nitrogens with two attached hydrogens (primary N) is 1. The first kappa shape index (κ1) is 12.7. The van der Waals surface area contributed by atoms with Crippen molar-refractivity contribution in [2.24, 2.45) is 12.9 Å². The molecule has 3 N–H and O–H groups in total. The Balaban J connectivity index is 2.19. The van der Waals surface area contributed by atoms with E-state index in [0.29, 0.717) is 12.0 Å². The number of aromatic nitrogens is 3. The van der Waals surface area contributed by atoms with Crippen LogP contribution in [0.5, 0.6) is 0 Å². The van der Waals surface area contributed by atoms with Gasteiger partial charge >= 0.3 is 0 Å². The Morgan fingerprint density at radius 1 is 1.50 bits per heavy atom. The van der Waals surface area contributed by atoms with Crippen LogP contribution in [0.3, 0.4) is 0 Å². The molecule has 0 fully saturated rings. The van der Waals surface area contributed by atoms with Crippen molar-refractivity contribution in [1.82, 2.24) is 20.4 Å². The molecule has 1 heterocycles. The van der Waals surface area contributed by atoms with Crippen LogP contribution in [-0.2, 0) is 13.5 Å².